The Balaban J connectivity index is 2.08. The molecule has 0 aromatic carbocycles. The van der Waals surface area contributed by atoms with Crippen LogP contribution in [0, 0.1) is 0 Å². The van der Waals surface area contributed by atoms with E-state index in [0.717, 1.165) is 24.6 Å². The molecule has 0 saturated carbocycles. The molecule has 0 bridgehead atoms. The van der Waals surface area contributed by atoms with Gasteiger partial charge in [-0.1, -0.05) is 13.8 Å². The number of rotatable bonds is 4. The monoisotopic (exact) mass is 276 g/mol. The van der Waals surface area contributed by atoms with Gasteiger partial charge in [0.1, 0.15) is 12.1 Å². The summed E-state index contributed by atoms with van der Waals surface area (Å²) in [5.74, 6) is 1.53. The quantitative estimate of drug-likeness (QED) is 0.918. The molecule has 1 saturated heterocycles. The van der Waals surface area contributed by atoms with E-state index in [0.29, 0.717) is 12.0 Å². The summed E-state index contributed by atoms with van der Waals surface area (Å²) < 4.78 is 0. The summed E-state index contributed by atoms with van der Waals surface area (Å²) in [5, 5.41) is 3.62. The summed E-state index contributed by atoms with van der Waals surface area (Å²) >= 11 is 0. The minimum Gasteiger partial charge on any atom is -0.352 e. The van der Waals surface area contributed by atoms with Crippen LogP contribution in [0.3, 0.4) is 0 Å². The molecule has 1 atom stereocenters. The lowest BCUT2D eigenvalue weighted by Gasteiger charge is -2.30. The highest BCUT2D eigenvalue weighted by Gasteiger charge is 2.27. The van der Waals surface area contributed by atoms with Gasteiger partial charge in [-0.05, 0) is 39.5 Å². The molecule has 1 N–H and O–H groups in total. The van der Waals surface area contributed by atoms with Gasteiger partial charge in [0, 0.05) is 36.4 Å². The van der Waals surface area contributed by atoms with Crippen molar-refractivity contribution in [1.29, 1.82) is 0 Å². The zero-order valence-corrected chi connectivity index (χ0v) is 13.5. The second kappa shape index (κ2) is 6.08. The molecule has 0 amide bonds. The molecule has 4 heteroatoms. The van der Waals surface area contributed by atoms with Gasteiger partial charge < -0.3 is 10.2 Å². The van der Waals surface area contributed by atoms with Crippen LogP contribution < -0.4 is 10.2 Å². The van der Waals surface area contributed by atoms with E-state index in [9.17, 15) is 0 Å². The van der Waals surface area contributed by atoms with Crippen molar-refractivity contribution < 1.29 is 0 Å². The van der Waals surface area contributed by atoms with E-state index in [4.69, 9.17) is 0 Å². The number of nitrogens with one attached hydrogen (secondary N) is 1. The van der Waals surface area contributed by atoms with Crippen LogP contribution in [0.2, 0.25) is 0 Å². The number of nitrogens with zero attached hydrogens (tertiary/aromatic N) is 3. The molecular formula is C16H28N4. The first-order valence-corrected chi connectivity index (χ1v) is 7.70. The molecule has 0 radical (unpaired) electrons. The van der Waals surface area contributed by atoms with Crippen molar-refractivity contribution >= 4 is 5.82 Å². The molecule has 20 heavy (non-hydrogen) atoms. The SMILES string of the molecule is CC(C)c1cc(N2CCCC2CNC(C)(C)C)ncn1. The molecule has 1 aromatic rings. The van der Waals surface area contributed by atoms with Gasteiger partial charge in [-0.2, -0.15) is 0 Å². The highest BCUT2D eigenvalue weighted by molar-refractivity contribution is 5.42. The summed E-state index contributed by atoms with van der Waals surface area (Å²) in [7, 11) is 0. The van der Waals surface area contributed by atoms with Crippen molar-refractivity contribution in [1.82, 2.24) is 15.3 Å². The predicted octanol–water partition coefficient (Wildman–Crippen LogP) is 2.96. The van der Waals surface area contributed by atoms with E-state index >= 15 is 0 Å². The van der Waals surface area contributed by atoms with Crippen molar-refractivity contribution in [2.45, 2.75) is 65.0 Å². The Morgan fingerprint density at radius 1 is 1.35 bits per heavy atom. The Morgan fingerprint density at radius 3 is 2.75 bits per heavy atom. The van der Waals surface area contributed by atoms with Gasteiger partial charge in [0.05, 0.1) is 0 Å². The van der Waals surface area contributed by atoms with E-state index in [1.807, 2.05) is 0 Å². The molecule has 1 aliphatic heterocycles. The fourth-order valence-electron chi connectivity index (χ4n) is 2.61. The standard InChI is InChI=1S/C16H28N4/c1-12(2)14-9-15(18-11-17-14)20-8-6-7-13(20)10-19-16(3,4)5/h9,11-13,19H,6-8,10H2,1-5H3. The van der Waals surface area contributed by atoms with Crippen LogP contribution in [-0.4, -0.2) is 34.6 Å². The molecule has 0 spiro atoms. The van der Waals surface area contributed by atoms with Gasteiger partial charge in [0.15, 0.2) is 0 Å². The van der Waals surface area contributed by atoms with E-state index in [1.165, 1.54) is 12.8 Å². The van der Waals surface area contributed by atoms with Crippen LogP contribution in [0.5, 0.6) is 0 Å². The molecule has 1 aliphatic rings. The fourth-order valence-corrected chi connectivity index (χ4v) is 2.61. The van der Waals surface area contributed by atoms with Crippen molar-refractivity contribution in [2.24, 2.45) is 0 Å². The first kappa shape index (κ1) is 15.2. The Kier molecular flexibility index (Phi) is 4.63. The van der Waals surface area contributed by atoms with Crippen LogP contribution in [-0.2, 0) is 0 Å². The van der Waals surface area contributed by atoms with E-state index in [-0.39, 0.29) is 5.54 Å². The number of hydrogen-bond donors (Lipinski definition) is 1. The third kappa shape index (κ3) is 3.92. The minimum absolute atomic E-state index is 0.170. The molecule has 0 aliphatic carbocycles. The van der Waals surface area contributed by atoms with E-state index in [2.05, 4.69) is 60.9 Å². The van der Waals surface area contributed by atoms with Crippen LogP contribution in [0.15, 0.2) is 12.4 Å². The van der Waals surface area contributed by atoms with Crippen LogP contribution in [0.25, 0.3) is 0 Å². The van der Waals surface area contributed by atoms with Crippen LogP contribution in [0.4, 0.5) is 5.82 Å². The zero-order chi connectivity index (χ0) is 14.8. The molecule has 2 heterocycles. The predicted molar refractivity (Wildman–Crippen MR) is 84.2 cm³/mol. The summed E-state index contributed by atoms with van der Waals surface area (Å²) in [6, 6.07) is 2.70. The topological polar surface area (TPSA) is 41.0 Å². The minimum atomic E-state index is 0.170. The Bertz CT molecular complexity index is 436. The number of aromatic nitrogens is 2. The first-order valence-electron chi connectivity index (χ1n) is 7.70. The molecule has 1 unspecified atom stereocenters. The number of anilines is 1. The second-order valence-corrected chi connectivity index (χ2v) is 7.08. The Labute approximate surface area is 123 Å². The molecule has 1 aromatic heterocycles. The Hall–Kier alpha value is -1.16. The molecule has 112 valence electrons. The van der Waals surface area contributed by atoms with Crippen LogP contribution >= 0.6 is 0 Å². The average Bonchev–Trinajstić information content (AvgIpc) is 2.84. The highest BCUT2D eigenvalue weighted by Crippen LogP contribution is 2.25. The van der Waals surface area contributed by atoms with Crippen molar-refractivity contribution in [3.63, 3.8) is 0 Å². The van der Waals surface area contributed by atoms with E-state index in [1.54, 1.807) is 6.33 Å². The lowest BCUT2D eigenvalue weighted by Crippen LogP contribution is -2.45. The fraction of sp³-hybridized carbons (Fsp3) is 0.750. The zero-order valence-electron chi connectivity index (χ0n) is 13.5. The maximum atomic E-state index is 4.49. The lowest BCUT2D eigenvalue weighted by atomic mass is 10.1. The third-order valence-corrected chi connectivity index (χ3v) is 3.80. The Morgan fingerprint density at radius 2 is 2.10 bits per heavy atom. The van der Waals surface area contributed by atoms with Crippen LogP contribution in [0.1, 0.15) is 59.1 Å². The molecule has 1 fully saturated rings. The number of hydrogen-bond acceptors (Lipinski definition) is 4. The van der Waals surface area contributed by atoms with Gasteiger partial charge in [0.25, 0.3) is 0 Å². The summed E-state index contributed by atoms with van der Waals surface area (Å²) in [6.07, 6.45) is 4.19. The highest BCUT2D eigenvalue weighted by atomic mass is 15.2. The summed E-state index contributed by atoms with van der Waals surface area (Å²) in [6.45, 7) is 13.1. The van der Waals surface area contributed by atoms with Gasteiger partial charge in [-0.25, -0.2) is 9.97 Å². The van der Waals surface area contributed by atoms with Gasteiger partial charge in [-0.3, -0.25) is 0 Å². The summed E-state index contributed by atoms with van der Waals surface area (Å²) in [5.41, 5.74) is 1.30. The van der Waals surface area contributed by atoms with Crippen molar-refractivity contribution in [2.75, 3.05) is 18.0 Å². The van der Waals surface area contributed by atoms with Crippen molar-refractivity contribution in [3.05, 3.63) is 18.1 Å². The van der Waals surface area contributed by atoms with Gasteiger partial charge >= 0.3 is 0 Å². The normalized spacial score (nSPS) is 19.9. The molecular weight excluding hydrogens is 248 g/mol. The van der Waals surface area contributed by atoms with Gasteiger partial charge in [-0.15, -0.1) is 0 Å². The maximum Gasteiger partial charge on any atom is 0.132 e. The first-order chi connectivity index (χ1) is 9.37. The smallest absolute Gasteiger partial charge is 0.132 e. The molecule has 2 rings (SSSR count). The maximum absolute atomic E-state index is 4.49. The molecule has 4 nitrogen and oxygen atoms in total. The summed E-state index contributed by atoms with van der Waals surface area (Å²) in [4.78, 5) is 11.3. The largest absolute Gasteiger partial charge is 0.352 e. The van der Waals surface area contributed by atoms with Crippen molar-refractivity contribution in [3.8, 4) is 0 Å². The van der Waals surface area contributed by atoms with E-state index < -0.39 is 0 Å². The average molecular weight is 276 g/mol. The lowest BCUT2D eigenvalue weighted by molar-refractivity contribution is 0.404. The second-order valence-electron chi connectivity index (χ2n) is 7.08. The third-order valence-electron chi connectivity index (χ3n) is 3.80. The van der Waals surface area contributed by atoms with Gasteiger partial charge in [0.2, 0.25) is 0 Å².